The average molecular weight is 311 g/mol. The van der Waals surface area contributed by atoms with Gasteiger partial charge in [0.15, 0.2) is 0 Å². The molecule has 5 nitrogen and oxygen atoms in total. The van der Waals surface area contributed by atoms with Gasteiger partial charge in [-0.1, -0.05) is 30.3 Å². The summed E-state index contributed by atoms with van der Waals surface area (Å²) in [5.74, 6) is -0.934. The zero-order chi connectivity index (χ0) is 16.8. The summed E-state index contributed by atoms with van der Waals surface area (Å²) in [5.41, 5.74) is 9.83. The van der Waals surface area contributed by atoms with E-state index in [4.69, 9.17) is 5.73 Å². The van der Waals surface area contributed by atoms with E-state index in [2.05, 4.69) is 9.47 Å². The lowest BCUT2D eigenvalue weighted by molar-refractivity contribution is -0.135. The zero-order valence-electron chi connectivity index (χ0n) is 12.9. The van der Waals surface area contributed by atoms with Crippen LogP contribution in [0.5, 0.6) is 0 Å². The number of hydrogen-bond acceptors (Lipinski definition) is 5. The number of nitrogen functional groups attached to an aromatic ring is 1. The Kier molecular flexibility index (Phi) is 5.15. The fraction of sp³-hybridized carbons (Fsp3) is 0.111. The van der Waals surface area contributed by atoms with Crippen molar-refractivity contribution in [2.24, 2.45) is 0 Å². The molecule has 2 N–H and O–H groups in total. The van der Waals surface area contributed by atoms with E-state index in [0.29, 0.717) is 16.8 Å². The highest BCUT2D eigenvalue weighted by atomic mass is 16.5. The van der Waals surface area contributed by atoms with E-state index >= 15 is 0 Å². The third kappa shape index (κ3) is 3.58. The maximum absolute atomic E-state index is 11.3. The van der Waals surface area contributed by atoms with Crippen molar-refractivity contribution < 1.29 is 19.1 Å². The molecule has 0 heterocycles. The highest BCUT2D eigenvalue weighted by molar-refractivity contribution is 6.01. The Morgan fingerprint density at radius 3 is 1.70 bits per heavy atom. The lowest BCUT2D eigenvalue weighted by Gasteiger charge is -1.96. The molecule has 0 unspecified atom stereocenters. The SMILES string of the molecule is COC(=O)/C=C/c1c2cccccc-2c(/C=C/C(=O)OC)c1N. The van der Waals surface area contributed by atoms with Gasteiger partial charge in [0.25, 0.3) is 0 Å². The first-order chi connectivity index (χ1) is 11.1. The molecule has 0 aliphatic heterocycles. The molecule has 0 aromatic carbocycles. The minimum Gasteiger partial charge on any atom is -0.466 e. The number of rotatable bonds is 4. The number of esters is 2. The van der Waals surface area contributed by atoms with Crippen LogP contribution in [-0.4, -0.2) is 26.2 Å². The van der Waals surface area contributed by atoms with Gasteiger partial charge in [-0.05, 0) is 23.3 Å². The van der Waals surface area contributed by atoms with E-state index in [1.165, 1.54) is 26.4 Å². The van der Waals surface area contributed by atoms with Gasteiger partial charge >= 0.3 is 11.9 Å². The van der Waals surface area contributed by atoms with Crippen LogP contribution in [0, 0.1) is 0 Å². The molecule has 0 spiro atoms. The maximum Gasteiger partial charge on any atom is 0.330 e. The largest absolute Gasteiger partial charge is 0.466 e. The van der Waals surface area contributed by atoms with Gasteiger partial charge in [-0.25, -0.2) is 9.59 Å². The summed E-state index contributed by atoms with van der Waals surface area (Å²) in [6.07, 6.45) is 5.84. The Morgan fingerprint density at radius 2 is 1.30 bits per heavy atom. The van der Waals surface area contributed by atoms with Gasteiger partial charge in [0.1, 0.15) is 0 Å². The van der Waals surface area contributed by atoms with E-state index in [1.54, 1.807) is 12.2 Å². The summed E-state index contributed by atoms with van der Waals surface area (Å²) in [4.78, 5) is 22.7. The Bertz CT molecular complexity index is 701. The first kappa shape index (κ1) is 16.3. The number of carbonyl (C=O) groups excluding carboxylic acids is 2. The number of methoxy groups -OCH3 is 2. The third-order valence-corrected chi connectivity index (χ3v) is 3.37. The van der Waals surface area contributed by atoms with Crippen LogP contribution in [0.4, 0.5) is 5.69 Å². The van der Waals surface area contributed by atoms with Crippen LogP contribution in [0.2, 0.25) is 0 Å². The van der Waals surface area contributed by atoms with Crippen LogP contribution >= 0.6 is 0 Å². The molecule has 23 heavy (non-hydrogen) atoms. The second kappa shape index (κ2) is 7.26. The lowest BCUT2D eigenvalue weighted by atomic mass is 10.1. The Balaban J connectivity index is 2.58. The molecule has 0 aromatic heterocycles. The molecule has 2 rings (SSSR count). The second-order valence-corrected chi connectivity index (χ2v) is 4.69. The quantitative estimate of drug-likeness (QED) is 0.694. The molecular weight excluding hydrogens is 294 g/mol. The van der Waals surface area contributed by atoms with Crippen LogP contribution in [0.25, 0.3) is 23.3 Å². The lowest BCUT2D eigenvalue weighted by Crippen LogP contribution is -1.95. The third-order valence-electron chi connectivity index (χ3n) is 3.37. The predicted molar refractivity (Wildman–Crippen MR) is 89.6 cm³/mol. The summed E-state index contributed by atoms with van der Waals surface area (Å²) in [7, 11) is 2.62. The monoisotopic (exact) mass is 311 g/mol. The van der Waals surface area contributed by atoms with Crippen molar-refractivity contribution >= 4 is 29.8 Å². The molecule has 2 aliphatic carbocycles. The van der Waals surface area contributed by atoms with E-state index in [9.17, 15) is 9.59 Å². The summed E-state index contributed by atoms with van der Waals surface area (Å²) in [6.45, 7) is 0. The Hall–Kier alpha value is -3.08. The van der Waals surface area contributed by atoms with Crippen molar-refractivity contribution in [1.29, 1.82) is 0 Å². The number of anilines is 1. The first-order valence-electron chi connectivity index (χ1n) is 6.90. The van der Waals surface area contributed by atoms with Gasteiger partial charge in [0, 0.05) is 29.0 Å². The van der Waals surface area contributed by atoms with Crippen molar-refractivity contribution in [2.75, 3.05) is 20.0 Å². The molecule has 0 saturated heterocycles. The molecule has 0 aromatic rings. The molecule has 5 heteroatoms. The van der Waals surface area contributed by atoms with E-state index in [1.807, 2.05) is 30.3 Å². The van der Waals surface area contributed by atoms with Gasteiger partial charge in [0.05, 0.1) is 14.2 Å². The molecule has 0 saturated carbocycles. The normalized spacial score (nSPS) is 11.2. The fourth-order valence-corrected chi connectivity index (χ4v) is 2.25. The van der Waals surface area contributed by atoms with Crippen LogP contribution < -0.4 is 5.73 Å². The van der Waals surface area contributed by atoms with E-state index in [0.717, 1.165) is 11.1 Å². The van der Waals surface area contributed by atoms with Crippen LogP contribution in [0.3, 0.4) is 0 Å². The summed E-state index contributed by atoms with van der Waals surface area (Å²) in [5, 5.41) is 0. The van der Waals surface area contributed by atoms with Gasteiger partial charge in [-0.15, -0.1) is 0 Å². The first-order valence-corrected chi connectivity index (χ1v) is 6.90. The zero-order valence-corrected chi connectivity index (χ0v) is 12.9. The Labute approximate surface area is 134 Å². The molecule has 0 radical (unpaired) electrons. The smallest absolute Gasteiger partial charge is 0.330 e. The number of carbonyl (C=O) groups is 2. The number of ether oxygens (including phenoxy) is 2. The molecule has 0 amide bonds. The highest BCUT2D eigenvalue weighted by Crippen LogP contribution is 2.40. The molecule has 0 atom stereocenters. The van der Waals surface area contributed by atoms with E-state index < -0.39 is 11.9 Å². The number of hydrogen-bond donors (Lipinski definition) is 1. The Morgan fingerprint density at radius 1 is 0.870 bits per heavy atom. The van der Waals surface area contributed by atoms with Crippen molar-refractivity contribution in [3.8, 4) is 11.1 Å². The van der Waals surface area contributed by atoms with E-state index in [-0.39, 0.29) is 0 Å². The minimum absolute atomic E-state index is 0.467. The van der Waals surface area contributed by atoms with Crippen LogP contribution in [0.1, 0.15) is 11.1 Å². The standard InChI is InChI=1S/C18H17NO4/c1-22-16(20)10-8-14-12-6-4-3-5-7-13(12)15(18(14)19)9-11-17(21)23-2/h3-11H,19H2,1-2H3/b10-8+,11-9+. The van der Waals surface area contributed by atoms with Gasteiger partial charge in [0.2, 0.25) is 0 Å². The predicted octanol–water partition coefficient (Wildman–Crippen LogP) is 2.75. The van der Waals surface area contributed by atoms with Gasteiger partial charge in [-0.3, -0.25) is 0 Å². The van der Waals surface area contributed by atoms with Crippen molar-refractivity contribution in [3.63, 3.8) is 0 Å². The average Bonchev–Trinajstić information content (AvgIpc) is 2.72. The second-order valence-electron chi connectivity index (χ2n) is 4.69. The number of fused-ring (bicyclic) bond motifs is 1. The van der Waals surface area contributed by atoms with Gasteiger partial charge in [-0.2, -0.15) is 0 Å². The summed E-state index contributed by atoms with van der Waals surface area (Å²) < 4.78 is 9.20. The van der Waals surface area contributed by atoms with Crippen molar-refractivity contribution in [1.82, 2.24) is 0 Å². The number of nitrogens with two attached hydrogens (primary N) is 1. The van der Waals surface area contributed by atoms with Crippen molar-refractivity contribution in [3.05, 3.63) is 53.6 Å². The fourth-order valence-electron chi connectivity index (χ4n) is 2.25. The van der Waals surface area contributed by atoms with Crippen LogP contribution in [0.15, 0.2) is 42.5 Å². The molecule has 0 fully saturated rings. The molecular formula is C18H17NO4. The summed E-state index contributed by atoms with van der Waals surface area (Å²) >= 11 is 0. The molecule has 0 bridgehead atoms. The van der Waals surface area contributed by atoms with Gasteiger partial charge < -0.3 is 15.2 Å². The summed E-state index contributed by atoms with van der Waals surface area (Å²) in [6, 6.07) is 9.45. The topological polar surface area (TPSA) is 78.6 Å². The molecule has 118 valence electrons. The minimum atomic E-state index is -0.467. The van der Waals surface area contributed by atoms with Crippen LogP contribution in [-0.2, 0) is 19.1 Å². The highest BCUT2D eigenvalue weighted by Gasteiger charge is 2.17. The molecule has 2 aliphatic rings. The van der Waals surface area contributed by atoms with Crippen molar-refractivity contribution in [2.45, 2.75) is 0 Å². The maximum atomic E-state index is 11.3.